The van der Waals surface area contributed by atoms with Crippen LogP contribution < -0.4 is 5.32 Å². The zero-order valence-electron chi connectivity index (χ0n) is 12.2. The van der Waals surface area contributed by atoms with E-state index in [4.69, 9.17) is 0 Å². The van der Waals surface area contributed by atoms with Crippen molar-refractivity contribution in [2.75, 3.05) is 26.2 Å². The number of carbonyl (C=O) groups excluding carboxylic acids is 1. The van der Waals surface area contributed by atoms with E-state index in [2.05, 4.69) is 10.3 Å². The van der Waals surface area contributed by atoms with Crippen LogP contribution in [0.25, 0.3) is 10.9 Å². The number of rotatable bonds is 1. The maximum absolute atomic E-state index is 12.9. The smallest absolute Gasteiger partial charge is 0.254 e. The lowest BCUT2D eigenvalue weighted by Crippen LogP contribution is -2.32. The Bertz CT molecular complexity index is 700. The molecule has 0 bridgehead atoms. The van der Waals surface area contributed by atoms with Crippen molar-refractivity contribution in [2.45, 2.75) is 6.92 Å². The molecule has 1 amide bonds. The highest BCUT2D eigenvalue weighted by atomic mass is 16.2. The van der Waals surface area contributed by atoms with Crippen LogP contribution in [0, 0.1) is 18.8 Å². The molecule has 0 unspecified atom stereocenters. The molecule has 2 aliphatic rings. The molecule has 0 spiro atoms. The molecule has 2 aromatic rings. The van der Waals surface area contributed by atoms with E-state index in [9.17, 15) is 4.79 Å². The van der Waals surface area contributed by atoms with Gasteiger partial charge in [-0.25, -0.2) is 0 Å². The van der Waals surface area contributed by atoms with Crippen LogP contribution in [0.15, 0.2) is 30.3 Å². The number of amides is 1. The van der Waals surface area contributed by atoms with Crippen LogP contribution in [0.4, 0.5) is 0 Å². The van der Waals surface area contributed by atoms with Gasteiger partial charge in [-0.15, -0.1) is 0 Å². The maximum atomic E-state index is 12.9. The number of fused-ring (bicyclic) bond motifs is 2. The average Bonchev–Trinajstić information content (AvgIpc) is 3.06. The Morgan fingerprint density at radius 1 is 1.24 bits per heavy atom. The first kappa shape index (κ1) is 12.8. The van der Waals surface area contributed by atoms with E-state index in [0.717, 1.165) is 48.3 Å². The predicted octanol–water partition coefficient (Wildman–Crippen LogP) is 1.83. The first-order valence-electron chi connectivity index (χ1n) is 7.59. The summed E-state index contributed by atoms with van der Waals surface area (Å²) >= 11 is 0. The van der Waals surface area contributed by atoms with Gasteiger partial charge >= 0.3 is 0 Å². The van der Waals surface area contributed by atoms with Crippen molar-refractivity contribution in [3.05, 3.63) is 41.6 Å². The number of hydrogen-bond donors (Lipinski definition) is 1. The van der Waals surface area contributed by atoms with Crippen molar-refractivity contribution in [2.24, 2.45) is 11.8 Å². The summed E-state index contributed by atoms with van der Waals surface area (Å²) in [5.74, 6) is 1.41. The van der Waals surface area contributed by atoms with Gasteiger partial charge < -0.3 is 10.2 Å². The highest BCUT2D eigenvalue weighted by Gasteiger charge is 2.38. The number of pyridine rings is 1. The summed E-state index contributed by atoms with van der Waals surface area (Å²) in [6.07, 6.45) is 0. The lowest BCUT2D eigenvalue weighted by molar-refractivity contribution is 0.0783. The minimum absolute atomic E-state index is 0.158. The van der Waals surface area contributed by atoms with E-state index in [-0.39, 0.29) is 5.91 Å². The van der Waals surface area contributed by atoms with Gasteiger partial charge in [0.15, 0.2) is 0 Å². The lowest BCUT2D eigenvalue weighted by Gasteiger charge is -2.19. The third kappa shape index (κ3) is 2.10. The molecule has 2 fully saturated rings. The van der Waals surface area contributed by atoms with Gasteiger partial charge in [0.05, 0.1) is 11.1 Å². The number of carbonyl (C=O) groups is 1. The van der Waals surface area contributed by atoms with Crippen LogP contribution in [0.2, 0.25) is 0 Å². The van der Waals surface area contributed by atoms with Crippen molar-refractivity contribution in [3.8, 4) is 0 Å². The van der Waals surface area contributed by atoms with Crippen molar-refractivity contribution in [1.82, 2.24) is 15.2 Å². The van der Waals surface area contributed by atoms with E-state index in [1.807, 2.05) is 42.2 Å². The third-order valence-electron chi connectivity index (χ3n) is 4.75. The third-order valence-corrected chi connectivity index (χ3v) is 4.75. The molecule has 1 N–H and O–H groups in total. The molecule has 4 rings (SSSR count). The number of nitrogens with one attached hydrogen (secondary N) is 1. The van der Waals surface area contributed by atoms with Gasteiger partial charge in [0.1, 0.15) is 0 Å². The summed E-state index contributed by atoms with van der Waals surface area (Å²) in [5.41, 5.74) is 2.60. The van der Waals surface area contributed by atoms with Crippen molar-refractivity contribution >= 4 is 16.8 Å². The Morgan fingerprint density at radius 3 is 2.71 bits per heavy atom. The summed E-state index contributed by atoms with van der Waals surface area (Å²) < 4.78 is 0. The van der Waals surface area contributed by atoms with Gasteiger partial charge in [-0.3, -0.25) is 9.78 Å². The molecule has 1 aromatic carbocycles. The van der Waals surface area contributed by atoms with Gasteiger partial charge in [-0.1, -0.05) is 18.2 Å². The SMILES string of the molecule is Cc1cc(C(=O)N2C[C@H]3CNC[C@H]3C2)c2ccccc2n1. The molecule has 0 radical (unpaired) electrons. The van der Waals surface area contributed by atoms with Crippen LogP contribution >= 0.6 is 0 Å². The largest absolute Gasteiger partial charge is 0.338 e. The summed E-state index contributed by atoms with van der Waals surface area (Å²) in [6, 6.07) is 9.83. The van der Waals surface area contributed by atoms with Crippen LogP contribution in [-0.2, 0) is 0 Å². The normalized spacial score (nSPS) is 24.5. The highest BCUT2D eigenvalue weighted by Crippen LogP contribution is 2.29. The summed E-state index contributed by atoms with van der Waals surface area (Å²) in [5, 5.41) is 4.38. The fourth-order valence-electron chi connectivity index (χ4n) is 3.68. The molecule has 0 aliphatic carbocycles. The molecule has 1 aromatic heterocycles. The molecular weight excluding hydrogens is 262 g/mol. The molecule has 0 saturated carbocycles. The summed E-state index contributed by atoms with van der Waals surface area (Å²) in [4.78, 5) is 19.5. The van der Waals surface area contributed by atoms with Gasteiger partial charge in [0.25, 0.3) is 5.91 Å². The van der Waals surface area contributed by atoms with Gasteiger partial charge in [-0.2, -0.15) is 0 Å². The fourth-order valence-corrected chi connectivity index (χ4v) is 3.68. The van der Waals surface area contributed by atoms with E-state index >= 15 is 0 Å². The molecule has 3 heterocycles. The van der Waals surface area contributed by atoms with Crippen LogP contribution in [-0.4, -0.2) is 42.0 Å². The Morgan fingerprint density at radius 2 is 1.95 bits per heavy atom. The number of para-hydroxylation sites is 1. The number of aromatic nitrogens is 1. The second-order valence-electron chi connectivity index (χ2n) is 6.22. The Hall–Kier alpha value is -1.94. The molecule has 2 atom stereocenters. The first-order valence-corrected chi connectivity index (χ1v) is 7.59. The lowest BCUT2D eigenvalue weighted by atomic mass is 10.0. The quantitative estimate of drug-likeness (QED) is 0.867. The molecule has 2 saturated heterocycles. The van der Waals surface area contributed by atoms with Gasteiger partial charge in [-0.05, 0) is 30.9 Å². The Balaban J connectivity index is 1.71. The number of benzene rings is 1. The van der Waals surface area contributed by atoms with E-state index < -0.39 is 0 Å². The van der Waals surface area contributed by atoms with E-state index in [0.29, 0.717) is 11.8 Å². The maximum Gasteiger partial charge on any atom is 0.254 e. The minimum Gasteiger partial charge on any atom is -0.338 e. The van der Waals surface area contributed by atoms with Gasteiger partial charge in [0.2, 0.25) is 0 Å². The molecule has 4 nitrogen and oxygen atoms in total. The topological polar surface area (TPSA) is 45.2 Å². The van der Waals surface area contributed by atoms with Crippen LogP contribution in [0.5, 0.6) is 0 Å². The number of hydrogen-bond acceptors (Lipinski definition) is 3. The predicted molar refractivity (Wildman–Crippen MR) is 82.2 cm³/mol. The minimum atomic E-state index is 0.158. The van der Waals surface area contributed by atoms with E-state index in [1.165, 1.54) is 0 Å². The molecular formula is C17H19N3O. The molecule has 2 aliphatic heterocycles. The van der Waals surface area contributed by atoms with Gasteiger partial charge in [0, 0.05) is 37.3 Å². The summed E-state index contributed by atoms with van der Waals surface area (Å²) in [6.45, 7) is 5.80. The monoisotopic (exact) mass is 281 g/mol. The highest BCUT2D eigenvalue weighted by molar-refractivity contribution is 6.06. The molecule has 4 heteroatoms. The Labute approximate surface area is 124 Å². The van der Waals surface area contributed by atoms with Crippen molar-refractivity contribution in [3.63, 3.8) is 0 Å². The second-order valence-corrected chi connectivity index (χ2v) is 6.22. The summed E-state index contributed by atoms with van der Waals surface area (Å²) in [7, 11) is 0. The fraction of sp³-hybridized carbons (Fsp3) is 0.412. The Kier molecular flexibility index (Phi) is 2.93. The van der Waals surface area contributed by atoms with Crippen LogP contribution in [0.3, 0.4) is 0 Å². The standard InChI is InChI=1S/C17H19N3O/c1-11-6-15(14-4-2-3-5-16(14)19-11)17(21)20-9-12-7-18-8-13(12)10-20/h2-6,12-13,18H,7-10H2,1H3/t12-,13+. The molecule has 21 heavy (non-hydrogen) atoms. The molecule has 108 valence electrons. The van der Waals surface area contributed by atoms with E-state index in [1.54, 1.807) is 0 Å². The zero-order chi connectivity index (χ0) is 14.4. The first-order chi connectivity index (χ1) is 10.2. The number of aryl methyl sites for hydroxylation is 1. The van der Waals surface area contributed by atoms with Crippen molar-refractivity contribution in [1.29, 1.82) is 0 Å². The number of nitrogens with zero attached hydrogens (tertiary/aromatic N) is 2. The van der Waals surface area contributed by atoms with Crippen molar-refractivity contribution < 1.29 is 4.79 Å². The second kappa shape index (κ2) is 4.81. The zero-order valence-corrected chi connectivity index (χ0v) is 12.2. The average molecular weight is 281 g/mol. The number of likely N-dealkylation sites (tertiary alicyclic amines) is 1. The van der Waals surface area contributed by atoms with Crippen LogP contribution in [0.1, 0.15) is 16.1 Å².